The van der Waals surface area contributed by atoms with Crippen molar-refractivity contribution in [3.05, 3.63) is 59.0 Å². The number of H-pyrrole nitrogens is 1. The van der Waals surface area contributed by atoms with Gasteiger partial charge in [0.15, 0.2) is 11.5 Å². The summed E-state index contributed by atoms with van der Waals surface area (Å²) >= 11 is 0. The lowest BCUT2D eigenvalue weighted by Gasteiger charge is -2.43. The van der Waals surface area contributed by atoms with Crippen molar-refractivity contribution in [3.8, 4) is 11.5 Å². The predicted molar refractivity (Wildman–Crippen MR) is 128 cm³/mol. The number of aromatic amines is 1. The molecular weight excluding hydrogens is 421 g/mol. The second-order valence-corrected chi connectivity index (χ2v) is 9.63. The van der Waals surface area contributed by atoms with Crippen molar-refractivity contribution < 1.29 is 18.7 Å². The summed E-state index contributed by atoms with van der Waals surface area (Å²) in [7, 11) is 1.59. The monoisotopic (exact) mass is 453 g/mol. The number of hydrogen-bond acceptors (Lipinski definition) is 4. The Morgan fingerprint density at radius 1 is 1.30 bits per heavy atom. The molecule has 176 valence electrons. The lowest BCUT2D eigenvalue weighted by atomic mass is 9.92. The smallest absolute Gasteiger partial charge is 0.249 e. The Labute approximate surface area is 193 Å². The average molecular weight is 454 g/mol. The highest BCUT2D eigenvalue weighted by atomic mass is 19.1. The number of hydrogen-bond donors (Lipinski definition) is 2. The number of fused-ring (bicyclic) bond motifs is 2. The zero-order valence-electron chi connectivity index (χ0n) is 19.7. The standard InChI is InChI=1S/C26H32FN3O3/c1-26(2,3)30(11-5-6-16-14-29-22-9-7-17(27)12-20(16)22)18-13-21-19(25(28)31)8-10-23(32-4)24(21)33-15-18/h7-10,12,14,18,29H,5-6,11,13,15H2,1-4H3,(H2,28,31)/t18-/m1/s1. The van der Waals surface area contributed by atoms with Gasteiger partial charge < -0.3 is 20.2 Å². The van der Waals surface area contributed by atoms with Crippen LogP contribution in [-0.4, -0.2) is 47.6 Å². The number of benzene rings is 2. The first-order chi connectivity index (χ1) is 15.7. The molecule has 2 heterocycles. The summed E-state index contributed by atoms with van der Waals surface area (Å²) in [4.78, 5) is 17.7. The summed E-state index contributed by atoms with van der Waals surface area (Å²) in [5.41, 5.74) is 8.89. The molecule has 1 aliphatic rings. The molecule has 33 heavy (non-hydrogen) atoms. The van der Waals surface area contributed by atoms with Gasteiger partial charge in [0.1, 0.15) is 12.4 Å². The first-order valence-corrected chi connectivity index (χ1v) is 11.3. The van der Waals surface area contributed by atoms with E-state index in [1.165, 1.54) is 6.07 Å². The molecule has 0 saturated carbocycles. The quantitative estimate of drug-likeness (QED) is 0.554. The van der Waals surface area contributed by atoms with Crippen LogP contribution < -0.4 is 15.2 Å². The van der Waals surface area contributed by atoms with Crippen LogP contribution in [0.3, 0.4) is 0 Å². The Balaban J connectivity index is 1.53. The van der Waals surface area contributed by atoms with E-state index in [0.29, 0.717) is 30.1 Å². The molecule has 1 aromatic heterocycles. The third-order valence-corrected chi connectivity index (χ3v) is 6.45. The van der Waals surface area contributed by atoms with E-state index in [0.717, 1.165) is 41.4 Å². The number of carbonyl (C=O) groups excluding carboxylic acids is 1. The number of nitrogens with zero attached hydrogens (tertiary/aromatic N) is 1. The van der Waals surface area contributed by atoms with Crippen LogP contribution in [0.1, 0.15) is 48.7 Å². The Morgan fingerprint density at radius 2 is 2.09 bits per heavy atom. The zero-order valence-corrected chi connectivity index (χ0v) is 19.7. The first kappa shape index (κ1) is 23.1. The molecule has 0 unspecified atom stereocenters. The van der Waals surface area contributed by atoms with Crippen LogP contribution in [0.4, 0.5) is 4.39 Å². The Bertz CT molecular complexity index is 1170. The molecule has 3 N–H and O–H groups in total. The fourth-order valence-electron chi connectivity index (χ4n) is 4.90. The highest BCUT2D eigenvalue weighted by molar-refractivity contribution is 5.95. The van der Waals surface area contributed by atoms with Gasteiger partial charge in [0.25, 0.3) is 0 Å². The SMILES string of the molecule is COc1ccc(C(N)=O)c2c1OC[C@H](N(CCCc1c[nH]c3ccc(F)cc13)C(C)(C)C)C2. The summed E-state index contributed by atoms with van der Waals surface area (Å²) in [6, 6.07) is 8.36. The van der Waals surface area contributed by atoms with Crippen LogP contribution in [0.2, 0.25) is 0 Å². The number of aromatic nitrogens is 1. The van der Waals surface area contributed by atoms with E-state index >= 15 is 0 Å². The molecule has 0 radical (unpaired) electrons. The largest absolute Gasteiger partial charge is 0.493 e. The van der Waals surface area contributed by atoms with Gasteiger partial charge in [0.2, 0.25) is 5.91 Å². The number of nitrogens with two attached hydrogens (primary N) is 1. The Kier molecular flexibility index (Phi) is 6.34. The number of primary amides is 1. The minimum atomic E-state index is -0.466. The van der Waals surface area contributed by atoms with Crippen LogP contribution in [0.15, 0.2) is 36.5 Å². The molecule has 7 heteroatoms. The number of carbonyl (C=O) groups is 1. The van der Waals surface area contributed by atoms with Crippen LogP contribution >= 0.6 is 0 Å². The number of amides is 1. The molecule has 3 aromatic rings. The van der Waals surface area contributed by atoms with Crippen LogP contribution in [0.5, 0.6) is 11.5 Å². The van der Waals surface area contributed by atoms with Crippen molar-refractivity contribution in [2.24, 2.45) is 5.73 Å². The maximum atomic E-state index is 13.7. The lowest BCUT2D eigenvalue weighted by molar-refractivity contribution is 0.0418. The lowest BCUT2D eigenvalue weighted by Crippen LogP contribution is -2.53. The average Bonchev–Trinajstić information content (AvgIpc) is 3.16. The minimum absolute atomic E-state index is 0.0862. The molecule has 6 nitrogen and oxygen atoms in total. The zero-order chi connectivity index (χ0) is 23.8. The topological polar surface area (TPSA) is 80.6 Å². The molecule has 0 fully saturated rings. The van der Waals surface area contributed by atoms with Gasteiger partial charge >= 0.3 is 0 Å². The third kappa shape index (κ3) is 4.69. The van der Waals surface area contributed by atoms with E-state index in [4.69, 9.17) is 15.2 Å². The van der Waals surface area contributed by atoms with E-state index in [1.807, 2.05) is 6.20 Å². The van der Waals surface area contributed by atoms with Crippen molar-refractivity contribution in [2.75, 3.05) is 20.3 Å². The number of nitrogens with one attached hydrogen (secondary N) is 1. The van der Waals surface area contributed by atoms with Gasteiger partial charge in [-0.3, -0.25) is 9.69 Å². The number of halogens is 1. The van der Waals surface area contributed by atoms with Gasteiger partial charge in [0, 0.05) is 39.8 Å². The molecule has 0 aliphatic carbocycles. The second-order valence-electron chi connectivity index (χ2n) is 9.63. The fraction of sp³-hybridized carbons (Fsp3) is 0.423. The molecule has 1 aliphatic heterocycles. The van der Waals surface area contributed by atoms with Gasteiger partial charge in [-0.15, -0.1) is 0 Å². The highest BCUT2D eigenvalue weighted by Gasteiger charge is 2.34. The van der Waals surface area contributed by atoms with Gasteiger partial charge in [-0.25, -0.2) is 4.39 Å². The van der Waals surface area contributed by atoms with E-state index in [9.17, 15) is 9.18 Å². The van der Waals surface area contributed by atoms with E-state index in [-0.39, 0.29) is 17.4 Å². The summed E-state index contributed by atoms with van der Waals surface area (Å²) in [5, 5.41) is 0.936. The van der Waals surface area contributed by atoms with E-state index in [1.54, 1.807) is 31.4 Å². The molecule has 0 saturated heterocycles. The van der Waals surface area contributed by atoms with Crippen molar-refractivity contribution in [3.63, 3.8) is 0 Å². The first-order valence-electron chi connectivity index (χ1n) is 11.3. The molecule has 1 atom stereocenters. The van der Waals surface area contributed by atoms with E-state index in [2.05, 4.69) is 30.7 Å². The minimum Gasteiger partial charge on any atom is -0.493 e. The van der Waals surface area contributed by atoms with Gasteiger partial charge in [-0.1, -0.05) is 0 Å². The maximum Gasteiger partial charge on any atom is 0.249 e. The van der Waals surface area contributed by atoms with Crippen LogP contribution in [0, 0.1) is 5.82 Å². The molecule has 4 rings (SSSR count). The third-order valence-electron chi connectivity index (χ3n) is 6.45. The molecule has 0 spiro atoms. The summed E-state index contributed by atoms with van der Waals surface area (Å²) < 4.78 is 25.3. The summed E-state index contributed by atoms with van der Waals surface area (Å²) in [5.74, 6) is 0.535. The van der Waals surface area contributed by atoms with Crippen molar-refractivity contribution in [1.29, 1.82) is 0 Å². The molecule has 0 bridgehead atoms. The van der Waals surface area contributed by atoms with Crippen LogP contribution in [-0.2, 0) is 12.8 Å². The second kappa shape index (κ2) is 9.06. The van der Waals surface area contributed by atoms with Crippen molar-refractivity contribution in [1.82, 2.24) is 9.88 Å². The molecular formula is C26H32FN3O3. The fourth-order valence-corrected chi connectivity index (χ4v) is 4.90. The summed E-state index contributed by atoms with van der Waals surface area (Å²) in [6.45, 7) is 7.89. The Morgan fingerprint density at radius 3 is 2.79 bits per heavy atom. The highest BCUT2D eigenvalue weighted by Crippen LogP contribution is 2.39. The number of aryl methyl sites for hydroxylation is 1. The van der Waals surface area contributed by atoms with Crippen LogP contribution in [0.25, 0.3) is 10.9 Å². The van der Waals surface area contributed by atoms with Gasteiger partial charge in [-0.2, -0.15) is 0 Å². The predicted octanol–water partition coefficient (Wildman–Crippen LogP) is 4.45. The van der Waals surface area contributed by atoms with Crippen molar-refractivity contribution in [2.45, 2.75) is 51.6 Å². The maximum absolute atomic E-state index is 13.7. The molecule has 1 amide bonds. The number of rotatable bonds is 7. The van der Waals surface area contributed by atoms with Gasteiger partial charge in [-0.05, 0) is 82.5 Å². The van der Waals surface area contributed by atoms with E-state index < -0.39 is 5.91 Å². The molecule has 2 aromatic carbocycles. The summed E-state index contributed by atoms with van der Waals surface area (Å²) in [6.07, 6.45) is 4.36. The number of ether oxygens (including phenoxy) is 2. The van der Waals surface area contributed by atoms with Crippen molar-refractivity contribution >= 4 is 16.8 Å². The number of methoxy groups -OCH3 is 1. The Hall–Kier alpha value is -3.06. The van der Waals surface area contributed by atoms with Gasteiger partial charge in [0.05, 0.1) is 7.11 Å². The normalized spacial score (nSPS) is 16.0.